The Hall–Kier alpha value is 0.100. The molecule has 0 bridgehead atoms. The van der Waals surface area contributed by atoms with Gasteiger partial charge in [-0.05, 0) is 46.8 Å². The molecule has 0 saturated heterocycles. The van der Waals surface area contributed by atoms with Gasteiger partial charge >= 0.3 is 0 Å². The third-order valence-electron chi connectivity index (χ3n) is 1.67. The first-order chi connectivity index (χ1) is 5.66. The summed E-state index contributed by atoms with van der Waals surface area (Å²) in [5.41, 5.74) is 6.53. The summed E-state index contributed by atoms with van der Waals surface area (Å²) in [6.45, 7) is 2.53. The van der Waals surface area contributed by atoms with Gasteiger partial charge in [0.25, 0.3) is 0 Å². The van der Waals surface area contributed by atoms with Crippen molar-refractivity contribution in [3.8, 4) is 0 Å². The van der Waals surface area contributed by atoms with Crippen LogP contribution in [0.15, 0.2) is 9.85 Å². The van der Waals surface area contributed by atoms with E-state index in [2.05, 4.69) is 15.9 Å². The fourth-order valence-corrected chi connectivity index (χ4v) is 2.74. The van der Waals surface area contributed by atoms with Crippen LogP contribution < -0.4 is 5.73 Å². The molecular weight excluding hydrogens is 238 g/mol. The summed E-state index contributed by atoms with van der Waals surface area (Å²) in [6.07, 6.45) is 0.210. The lowest BCUT2D eigenvalue weighted by atomic mass is 10.2. The van der Waals surface area contributed by atoms with Crippen LogP contribution >= 0.6 is 27.3 Å². The van der Waals surface area contributed by atoms with Crippen LogP contribution in [-0.2, 0) is 0 Å². The van der Waals surface area contributed by atoms with Crippen LogP contribution in [-0.4, -0.2) is 11.7 Å². The first kappa shape index (κ1) is 10.2. The molecule has 1 unspecified atom stereocenters. The number of hydrogen-bond donors (Lipinski definition) is 2. The number of aryl methyl sites for hydroxylation is 1. The fourth-order valence-electron chi connectivity index (χ4n) is 0.963. The standard InChI is InChI=1S/C8H12BrNOS/c1-5-4-12-8(7(5)9)6(11)2-3-10/h4,6,11H,2-3,10H2,1H3. The van der Waals surface area contributed by atoms with Gasteiger partial charge in [-0.2, -0.15) is 0 Å². The molecule has 0 aromatic carbocycles. The van der Waals surface area contributed by atoms with Crippen LogP contribution in [0.25, 0.3) is 0 Å². The Labute approximate surface area is 84.5 Å². The van der Waals surface area contributed by atoms with E-state index in [1.807, 2.05) is 12.3 Å². The zero-order valence-corrected chi connectivity index (χ0v) is 9.28. The zero-order chi connectivity index (χ0) is 9.14. The third-order valence-corrected chi connectivity index (χ3v) is 4.18. The topological polar surface area (TPSA) is 46.2 Å². The van der Waals surface area contributed by atoms with Gasteiger partial charge in [0.2, 0.25) is 0 Å². The SMILES string of the molecule is Cc1csc(C(O)CCN)c1Br. The van der Waals surface area contributed by atoms with Gasteiger partial charge in [0.1, 0.15) is 0 Å². The van der Waals surface area contributed by atoms with Gasteiger partial charge in [0.05, 0.1) is 6.10 Å². The lowest BCUT2D eigenvalue weighted by Crippen LogP contribution is -2.05. The van der Waals surface area contributed by atoms with E-state index >= 15 is 0 Å². The molecule has 0 saturated carbocycles. The second-order valence-corrected chi connectivity index (χ2v) is 4.39. The van der Waals surface area contributed by atoms with Crippen molar-refractivity contribution in [2.75, 3.05) is 6.54 Å². The van der Waals surface area contributed by atoms with Gasteiger partial charge in [-0.3, -0.25) is 0 Å². The minimum absolute atomic E-state index is 0.414. The van der Waals surface area contributed by atoms with E-state index in [9.17, 15) is 5.11 Å². The maximum Gasteiger partial charge on any atom is 0.0905 e. The van der Waals surface area contributed by atoms with Crippen molar-refractivity contribution in [3.05, 3.63) is 20.3 Å². The van der Waals surface area contributed by atoms with E-state index in [1.165, 1.54) is 5.56 Å². The molecule has 1 aromatic rings. The molecule has 1 atom stereocenters. The van der Waals surface area contributed by atoms with Crippen molar-refractivity contribution in [3.63, 3.8) is 0 Å². The van der Waals surface area contributed by atoms with Crippen molar-refractivity contribution in [2.45, 2.75) is 19.4 Å². The van der Waals surface area contributed by atoms with Gasteiger partial charge in [0.15, 0.2) is 0 Å². The van der Waals surface area contributed by atoms with Gasteiger partial charge < -0.3 is 10.8 Å². The van der Waals surface area contributed by atoms with Crippen molar-refractivity contribution in [1.29, 1.82) is 0 Å². The van der Waals surface area contributed by atoms with Crippen LogP contribution in [0.1, 0.15) is 23.0 Å². The largest absolute Gasteiger partial charge is 0.387 e. The number of hydrogen-bond acceptors (Lipinski definition) is 3. The molecule has 0 spiro atoms. The highest BCUT2D eigenvalue weighted by atomic mass is 79.9. The summed E-state index contributed by atoms with van der Waals surface area (Å²) in [5, 5.41) is 11.6. The smallest absolute Gasteiger partial charge is 0.0905 e. The molecule has 0 aliphatic heterocycles. The van der Waals surface area contributed by atoms with Crippen LogP contribution in [0.4, 0.5) is 0 Å². The molecule has 1 aromatic heterocycles. The Kier molecular flexibility index (Phi) is 3.71. The molecule has 0 aliphatic rings. The molecule has 68 valence electrons. The van der Waals surface area contributed by atoms with E-state index in [4.69, 9.17) is 5.73 Å². The molecule has 1 heterocycles. The monoisotopic (exact) mass is 249 g/mol. The summed E-state index contributed by atoms with van der Waals surface area (Å²) in [4.78, 5) is 0.984. The highest BCUT2D eigenvalue weighted by Crippen LogP contribution is 2.33. The van der Waals surface area contributed by atoms with E-state index < -0.39 is 6.10 Å². The molecule has 4 heteroatoms. The molecule has 2 nitrogen and oxygen atoms in total. The molecule has 3 N–H and O–H groups in total. The minimum atomic E-state index is -0.414. The number of thiophene rings is 1. The second kappa shape index (κ2) is 4.37. The normalized spacial score (nSPS) is 13.3. The first-order valence-corrected chi connectivity index (χ1v) is 5.45. The van der Waals surface area contributed by atoms with Crippen molar-refractivity contribution >= 4 is 27.3 Å². The Morgan fingerprint density at radius 2 is 2.42 bits per heavy atom. The summed E-state index contributed by atoms with van der Waals surface area (Å²) < 4.78 is 1.02. The summed E-state index contributed by atoms with van der Waals surface area (Å²) >= 11 is 5.00. The van der Waals surface area contributed by atoms with Gasteiger partial charge in [0, 0.05) is 9.35 Å². The lowest BCUT2D eigenvalue weighted by molar-refractivity contribution is 0.173. The fraction of sp³-hybridized carbons (Fsp3) is 0.500. The number of aliphatic hydroxyl groups excluding tert-OH is 1. The van der Waals surface area contributed by atoms with Gasteiger partial charge in [-0.15, -0.1) is 11.3 Å². The molecule has 0 aliphatic carbocycles. The number of aliphatic hydroxyl groups is 1. The van der Waals surface area contributed by atoms with Crippen LogP contribution in [0, 0.1) is 6.92 Å². The van der Waals surface area contributed by atoms with E-state index in [-0.39, 0.29) is 0 Å². The lowest BCUT2D eigenvalue weighted by Gasteiger charge is -2.06. The average Bonchev–Trinajstić information content (AvgIpc) is 2.34. The van der Waals surface area contributed by atoms with Crippen molar-refractivity contribution < 1.29 is 5.11 Å². The maximum absolute atomic E-state index is 9.62. The zero-order valence-electron chi connectivity index (χ0n) is 6.88. The van der Waals surface area contributed by atoms with Crippen LogP contribution in [0.5, 0.6) is 0 Å². The van der Waals surface area contributed by atoms with Crippen LogP contribution in [0.2, 0.25) is 0 Å². The molecule has 12 heavy (non-hydrogen) atoms. The Morgan fingerprint density at radius 1 is 1.75 bits per heavy atom. The predicted molar refractivity (Wildman–Crippen MR) is 55.4 cm³/mol. The predicted octanol–water partition coefficient (Wildman–Crippen LogP) is 2.20. The highest BCUT2D eigenvalue weighted by molar-refractivity contribution is 9.10. The number of halogens is 1. The summed E-state index contributed by atoms with van der Waals surface area (Å²) in [7, 11) is 0. The average molecular weight is 250 g/mol. The van der Waals surface area contributed by atoms with Crippen molar-refractivity contribution in [2.24, 2.45) is 5.73 Å². The Morgan fingerprint density at radius 3 is 2.83 bits per heavy atom. The first-order valence-electron chi connectivity index (χ1n) is 3.78. The minimum Gasteiger partial charge on any atom is -0.387 e. The molecule has 0 radical (unpaired) electrons. The number of rotatable bonds is 3. The highest BCUT2D eigenvalue weighted by Gasteiger charge is 2.13. The Bertz CT molecular complexity index is 262. The van der Waals surface area contributed by atoms with Crippen molar-refractivity contribution in [1.82, 2.24) is 0 Å². The third kappa shape index (κ3) is 2.07. The van der Waals surface area contributed by atoms with Crippen LogP contribution in [0.3, 0.4) is 0 Å². The molecule has 0 amide bonds. The molecule has 1 rings (SSSR count). The van der Waals surface area contributed by atoms with Gasteiger partial charge in [-0.25, -0.2) is 0 Å². The summed E-state index contributed by atoms with van der Waals surface area (Å²) in [5.74, 6) is 0. The number of nitrogens with two attached hydrogens (primary N) is 1. The van der Waals surface area contributed by atoms with E-state index in [1.54, 1.807) is 11.3 Å². The summed E-state index contributed by atoms with van der Waals surface area (Å²) in [6, 6.07) is 0. The van der Waals surface area contributed by atoms with Gasteiger partial charge in [-0.1, -0.05) is 0 Å². The van der Waals surface area contributed by atoms with E-state index in [0.717, 1.165) is 9.35 Å². The molecular formula is C8H12BrNOS. The van der Waals surface area contributed by atoms with E-state index in [0.29, 0.717) is 13.0 Å². The molecule has 0 fully saturated rings. The second-order valence-electron chi connectivity index (χ2n) is 2.69. The maximum atomic E-state index is 9.62. The quantitative estimate of drug-likeness (QED) is 0.863. The Balaban J connectivity index is 2.80.